The molecule has 0 spiro atoms. The van der Waals surface area contributed by atoms with Crippen molar-refractivity contribution in [1.82, 2.24) is 9.80 Å². The van der Waals surface area contributed by atoms with Crippen molar-refractivity contribution in [3.05, 3.63) is 0 Å². The van der Waals surface area contributed by atoms with E-state index in [2.05, 4.69) is 16.8 Å². The Kier molecular flexibility index (Phi) is 4.53. The van der Waals surface area contributed by atoms with Crippen LogP contribution in [-0.4, -0.2) is 62.9 Å². The van der Waals surface area contributed by atoms with Gasteiger partial charge in [0, 0.05) is 32.7 Å². The van der Waals surface area contributed by atoms with E-state index >= 15 is 0 Å². The minimum atomic E-state index is 0.341. The van der Waals surface area contributed by atoms with Crippen LogP contribution in [0, 0.1) is 0 Å². The third kappa shape index (κ3) is 3.49. The Morgan fingerprint density at radius 3 is 2.50 bits per heavy atom. The zero-order valence-electron chi connectivity index (χ0n) is 7.83. The highest BCUT2D eigenvalue weighted by molar-refractivity contribution is 4.68. The van der Waals surface area contributed by atoms with E-state index in [0.717, 1.165) is 26.2 Å². The summed E-state index contributed by atoms with van der Waals surface area (Å²) in [5.41, 5.74) is 5.22. The van der Waals surface area contributed by atoms with Crippen LogP contribution in [0.5, 0.6) is 0 Å². The third-order valence-electron chi connectivity index (χ3n) is 2.27. The first kappa shape index (κ1) is 9.92. The number of nitrogens with zero attached hydrogens (tertiary/aromatic N) is 2. The third-order valence-corrected chi connectivity index (χ3v) is 2.27. The maximum atomic E-state index is 5.22. The van der Waals surface area contributed by atoms with Crippen molar-refractivity contribution in [1.29, 1.82) is 0 Å². The Labute approximate surface area is 74.3 Å². The van der Waals surface area contributed by atoms with E-state index in [4.69, 9.17) is 10.5 Å². The Bertz CT molecular complexity index is 113. The van der Waals surface area contributed by atoms with E-state index in [1.165, 1.54) is 13.1 Å². The minimum absolute atomic E-state index is 0.341. The van der Waals surface area contributed by atoms with Crippen LogP contribution in [0.1, 0.15) is 0 Å². The van der Waals surface area contributed by atoms with E-state index in [0.29, 0.717) is 6.73 Å². The van der Waals surface area contributed by atoms with Gasteiger partial charge in [-0.1, -0.05) is 0 Å². The van der Waals surface area contributed by atoms with E-state index in [1.54, 1.807) is 0 Å². The Morgan fingerprint density at radius 1 is 1.25 bits per heavy atom. The predicted molar refractivity (Wildman–Crippen MR) is 48.9 cm³/mol. The van der Waals surface area contributed by atoms with Crippen molar-refractivity contribution < 1.29 is 4.74 Å². The molecule has 0 saturated carbocycles. The second-order valence-corrected chi connectivity index (χ2v) is 3.22. The molecular weight excluding hydrogens is 154 g/mol. The van der Waals surface area contributed by atoms with Crippen LogP contribution < -0.4 is 5.73 Å². The van der Waals surface area contributed by atoms with E-state index in [9.17, 15) is 0 Å². The number of hydrogen-bond donors (Lipinski definition) is 1. The van der Waals surface area contributed by atoms with Crippen molar-refractivity contribution in [2.45, 2.75) is 0 Å². The standard InChI is InChI=1S/C8H19N3O/c1-10-2-4-11(5-3-10)6-7-12-8-9/h2-9H2,1H3. The molecule has 1 heterocycles. The fourth-order valence-electron chi connectivity index (χ4n) is 1.35. The smallest absolute Gasteiger partial charge is 0.0940 e. The second-order valence-electron chi connectivity index (χ2n) is 3.22. The van der Waals surface area contributed by atoms with Gasteiger partial charge in [0.25, 0.3) is 0 Å². The van der Waals surface area contributed by atoms with Crippen LogP contribution >= 0.6 is 0 Å². The molecule has 0 aromatic rings. The zero-order valence-corrected chi connectivity index (χ0v) is 7.83. The van der Waals surface area contributed by atoms with Crippen molar-refractivity contribution >= 4 is 0 Å². The SMILES string of the molecule is CN1CCN(CCOCN)CC1. The van der Waals surface area contributed by atoms with Gasteiger partial charge in [0.2, 0.25) is 0 Å². The number of piperazine rings is 1. The lowest BCUT2D eigenvalue weighted by molar-refractivity contribution is 0.0851. The molecule has 2 N–H and O–H groups in total. The van der Waals surface area contributed by atoms with Crippen LogP contribution in [0.2, 0.25) is 0 Å². The number of hydrogen-bond acceptors (Lipinski definition) is 4. The van der Waals surface area contributed by atoms with Gasteiger partial charge in [-0.3, -0.25) is 4.90 Å². The van der Waals surface area contributed by atoms with Crippen LogP contribution in [0.4, 0.5) is 0 Å². The van der Waals surface area contributed by atoms with Crippen molar-refractivity contribution in [3.8, 4) is 0 Å². The Balaban J connectivity index is 2.01. The summed E-state index contributed by atoms with van der Waals surface area (Å²) in [6.07, 6.45) is 0. The van der Waals surface area contributed by atoms with Crippen LogP contribution in [0.3, 0.4) is 0 Å². The van der Waals surface area contributed by atoms with Gasteiger partial charge in [0.05, 0.1) is 13.3 Å². The first-order valence-corrected chi connectivity index (χ1v) is 4.51. The molecule has 1 saturated heterocycles. The largest absolute Gasteiger partial charge is 0.365 e. The molecule has 0 aromatic carbocycles. The van der Waals surface area contributed by atoms with Gasteiger partial charge < -0.3 is 15.4 Å². The highest BCUT2D eigenvalue weighted by Gasteiger charge is 2.12. The second kappa shape index (κ2) is 5.48. The quantitative estimate of drug-likeness (QED) is 0.445. The molecule has 0 radical (unpaired) electrons. The molecule has 1 aliphatic heterocycles. The highest BCUT2D eigenvalue weighted by Crippen LogP contribution is 1.97. The van der Waals surface area contributed by atoms with Gasteiger partial charge in [-0.05, 0) is 7.05 Å². The molecule has 0 bridgehead atoms. The average molecular weight is 173 g/mol. The number of likely N-dealkylation sites (N-methyl/N-ethyl adjacent to an activating group) is 1. The van der Waals surface area contributed by atoms with E-state index in [1.807, 2.05) is 0 Å². The maximum Gasteiger partial charge on any atom is 0.0940 e. The minimum Gasteiger partial charge on any atom is -0.365 e. The molecule has 1 fully saturated rings. The lowest BCUT2D eigenvalue weighted by Gasteiger charge is -2.32. The molecule has 0 amide bonds. The maximum absolute atomic E-state index is 5.22. The lowest BCUT2D eigenvalue weighted by Crippen LogP contribution is -2.45. The van der Waals surface area contributed by atoms with E-state index < -0.39 is 0 Å². The molecular formula is C8H19N3O. The fraction of sp³-hybridized carbons (Fsp3) is 1.00. The summed E-state index contributed by atoms with van der Waals surface area (Å²) in [5, 5.41) is 0. The summed E-state index contributed by atoms with van der Waals surface area (Å²) in [7, 11) is 2.16. The number of rotatable bonds is 4. The zero-order chi connectivity index (χ0) is 8.81. The van der Waals surface area contributed by atoms with Gasteiger partial charge >= 0.3 is 0 Å². The molecule has 1 rings (SSSR count). The lowest BCUT2D eigenvalue weighted by atomic mass is 10.3. The Morgan fingerprint density at radius 2 is 1.92 bits per heavy atom. The first-order chi connectivity index (χ1) is 5.83. The molecule has 0 aliphatic carbocycles. The monoisotopic (exact) mass is 173 g/mol. The van der Waals surface area contributed by atoms with Crippen LogP contribution in [0.15, 0.2) is 0 Å². The van der Waals surface area contributed by atoms with Crippen molar-refractivity contribution in [2.75, 3.05) is 53.1 Å². The Hall–Kier alpha value is -0.160. The van der Waals surface area contributed by atoms with Crippen LogP contribution in [-0.2, 0) is 4.74 Å². The molecule has 4 heteroatoms. The summed E-state index contributed by atoms with van der Waals surface area (Å²) < 4.78 is 5.09. The van der Waals surface area contributed by atoms with Gasteiger partial charge in [-0.25, -0.2) is 0 Å². The summed E-state index contributed by atoms with van der Waals surface area (Å²) in [5.74, 6) is 0. The highest BCUT2D eigenvalue weighted by atomic mass is 16.5. The molecule has 12 heavy (non-hydrogen) atoms. The fourth-order valence-corrected chi connectivity index (χ4v) is 1.35. The average Bonchev–Trinajstić information content (AvgIpc) is 2.09. The molecule has 4 nitrogen and oxygen atoms in total. The molecule has 1 aliphatic rings. The molecule has 0 aromatic heterocycles. The van der Waals surface area contributed by atoms with E-state index in [-0.39, 0.29) is 0 Å². The topological polar surface area (TPSA) is 41.7 Å². The van der Waals surface area contributed by atoms with Gasteiger partial charge in [-0.15, -0.1) is 0 Å². The number of ether oxygens (including phenoxy) is 1. The van der Waals surface area contributed by atoms with Gasteiger partial charge in [0.1, 0.15) is 0 Å². The summed E-state index contributed by atoms with van der Waals surface area (Å²) >= 11 is 0. The molecule has 0 unspecified atom stereocenters. The normalized spacial score (nSPS) is 21.5. The number of nitrogens with two attached hydrogens (primary N) is 1. The summed E-state index contributed by atoms with van der Waals surface area (Å²) in [6, 6.07) is 0. The van der Waals surface area contributed by atoms with Crippen molar-refractivity contribution in [3.63, 3.8) is 0 Å². The van der Waals surface area contributed by atoms with Crippen molar-refractivity contribution in [2.24, 2.45) is 5.73 Å². The van der Waals surface area contributed by atoms with Crippen LogP contribution in [0.25, 0.3) is 0 Å². The summed E-state index contributed by atoms with van der Waals surface area (Å²) in [4.78, 5) is 4.76. The predicted octanol–water partition coefficient (Wildman–Crippen LogP) is -0.833. The van der Waals surface area contributed by atoms with Gasteiger partial charge in [-0.2, -0.15) is 0 Å². The van der Waals surface area contributed by atoms with Gasteiger partial charge in [0.15, 0.2) is 0 Å². The summed E-state index contributed by atoms with van der Waals surface area (Å²) in [6.45, 7) is 6.78. The molecule has 72 valence electrons. The molecule has 0 atom stereocenters. The first-order valence-electron chi connectivity index (χ1n) is 4.51.